The van der Waals surface area contributed by atoms with Gasteiger partial charge in [-0.2, -0.15) is 5.10 Å². The molecule has 1 fully saturated rings. The molecule has 0 N–H and O–H groups in total. The highest BCUT2D eigenvalue weighted by molar-refractivity contribution is 7.12. The number of likely N-dealkylation sites (tertiary alicyclic amines) is 1. The number of hydrogen-bond acceptors (Lipinski definition) is 6. The van der Waals surface area contributed by atoms with Crippen LogP contribution in [0.2, 0.25) is 0 Å². The molecule has 1 saturated heterocycles. The normalized spacial score (nSPS) is 16.3. The number of amides is 1. The maximum absolute atomic E-state index is 14.2. The molecule has 0 aliphatic carbocycles. The van der Waals surface area contributed by atoms with Crippen molar-refractivity contribution >= 4 is 33.9 Å². The molecular weight excluding hydrogens is 458 g/mol. The Morgan fingerprint density at radius 1 is 1.17 bits per heavy atom. The van der Waals surface area contributed by atoms with Crippen molar-refractivity contribution in [3.8, 4) is 11.3 Å². The number of aryl methyl sites for hydroxylation is 2. The summed E-state index contributed by atoms with van der Waals surface area (Å²) in [6.45, 7) is 9.04. The summed E-state index contributed by atoms with van der Waals surface area (Å²) in [5, 5.41) is 14.2. The van der Waals surface area contributed by atoms with Crippen molar-refractivity contribution in [1.29, 1.82) is 0 Å². The first kappa shape index (κ1) is 21.9. The molecule has 0 aromatic carbocycles. The molecule has 6 heterocycles. The van der Waals surface area contributed by atoms with Gasteiger partial charge in [0.15, 0.2) is 17.1 Å². The predicted molar refractivity (Wildman–Crippen MR) is 137 cm³/mol. The van der Waals surface area contributed by atoms with E-state index in [-0.39, 0.29) is 18.0 Å². The summed E-state index contributed by atoms with van der Waals surface area (Å²) in [5.74, 6) is 0.792. The number of rotatable bonds is 4. The minimum Gasteiger partial charge on any atom is -0.328 e. The molecule has 1 unspecified atom stereocenters. The first-order valence-electron chi connectivity index (χ1n) is 12.0. The van der Waals surface area contributed by atoms with E-state index in [9.17, 15) is 4.79 Å². The Morgan fingerprint density at radius 3 is 2.80 bits per heavy atom. The summed E-state index contributed by atoms with van der Waals surface area (Å²) in [5.41, 5.74) is 4.06. The van der Waals surface area contributed by atoms with Gasteiger partial charge in [-0.05, 0) is 64.8 Å². The van der Waals surface area contributed by atoms with Gasteiger partial charge in [0.1, 0.15) is 0 Å². The Hall–Kier alpha value is -3.59. The predicted octanol–water partition coefficient (Wildman–Crippen LogP) is 5.38. The highest BCUT2D eigenvalue weighted by Crippen LogP contribution is 2.36. The fraction of sp³-hybridized carbons (Fsp3) is 0.346. The SMILES string of the molecule is Cc1cc(-c2cc(C(=O)N3CCCC3c3nnc4ccccn34)c3cnn(C(C)C)c3n2)c(C)s1. The second kappa shape index (κ2) is 8.27. The summed E-state index contributed by atoms with van der Waals surface area (Å²) in [7, 11) is 0. The third-order valence-electron chi connectivity index (χ3n) is 6.76. The third kappa shape index (κ3) is 3.53. The zero-order valence-corrected chi connectivity index (χ0v) is 21.1. The van der Waals surface area contributed by atoms with Gasteiger partial charge in [-0.15, -0.1) is 21.5 Å². The van der Waals surface area contributed by atoms with Crippen molar-refractivity contribution in [3.63, 3.8) is 0 Å². The van der Waals surface area contributed by atoms with Crippen molar-refractivity contribution in [3.05, 3.63) is 63.9 Å². The van der Waals surface area contributed by atoms with Crippen LogP contribution in [0.1, 0.15) is 64.7 Å². The molecule has 1 aliphatic heterocycles. The smallest absolute Gasteiger partial charge is 0.255 e. The minimum absolute atomic E-state index is 0.0123. The number of thiophene rings is 1. The number of nitrogens with zero attached hydrogens (tertiary/aromatic N) is 7. The lowest BCUT2D eigenvalue weighted by Crippen LogP contribution is -2.31. The summed E-state index contributed by atoms with van der Waals surface area (Å²) in [6.07, 6.45) is 5.52. The van der Waals surface area contributed by atoms with Crippen molar-refractivity contribution < 1.29 is 4.79 Å². The number of pyridine rings is 2. The second-order valence-electron chi connectivity index (χ2n) is 9.45. The summed E-state index contributed by atoms with van der Waals surface area (Å²) in [4.78, 5) is 23.5. The molecule has 0 spiro atoms. The highest BCUT2D eigenvalue weighted by atomic mass is 32.1. The fourth-order valence-corrected chi connectivity index (χ4v) is 6.05. The van der Waals surface area contributed by atoms with E-state index in [1.54, 1.807) is 17.5 Å². The van der Waals surface area contributed by atoms with Crippen molar-refractivity contribution in [2.75, 3.05) is 6.54 Å². The summed E-state index contributed by atoms with van der Waals surface area (Å²) in [6, 6.07) is 9.94. The molecule has 8 nitrogen and oxygen atoms in total. The lowest BCUT2D eigenvalue weighted by molar-refractivity contribution is 0.0731. The van der Waals surface area contributed by atoms with Crippen LogP contribution in [0.5, 0.6) is 0 Å². The maximum atomic E-state index is 14.2. The molecule has 1 aliphatic rings. The van der Waals surface area contributed by atoms with Crippen molar-refractivity contribution in [1.82, 2.24) is 34.3 Å². The highest BCUT2D eigenvalue weighted by Gasteiger charge is 2.35. The van der Waals surface area contributed by atoms with Gasteiger partial charge in [-0.25, -0.2) is 9.67 Å². The van der Waals surface area contributed by atoms with E-state index in [0.717, 1.165) is 46.6 Å². The first-order valence-corrected chi connectivity index (χ1v) is 12.8. The topological polar surface area (TPSA) is 81.2 Å². The lowest BCUT2D eigenvalue weighted by atomic mass is 10.1. The fourth-order valence-electron chi connectivity index (χ4n) is 5.12. The lowest BCUT2D eigenvalue weighted by Gasteiger charge is -2.24. The molecule has 9 heteroatoms. The zero-order chi connectivity index (χ0) is 24.3. The van der Waals surface area contributed by atoms with E-state index >= 15 is 0 Å². The quantitative estimate of drug-likeness (QED) is 0.341. The third-order valence-corrected chi connectivity index (χ3v) is 7.72. The van der Waals surface area contributed by atoms with E-state index in [4.69, 9.17) is 4.98 Å². The summed E-state index contributed by atoms with van der Waals surface area (Å²) < 4.78 is 3.88. The van der Waals surface area contributed by atoms with E-state index < -0.39 is 0 Å². The molecule has 0 bridgehead atoms. The number of hydrogen-bond donors (Lipinski definition) is 0. The van der Waals surface area contributed by atoms with Gasteiger partial charge in [0.05, 0.1) is 28.9 Å². The molecule has 1 atom stereocenters. The molecule has 0 radical (unpaired) electrons. The Kier molecular flexibility index (Phi) is 5.17. The largest absolute Gasteiger partial charge is 0.328 e. The van der Waals surface area contributed by atoms with E-state index in [2.05, 4.69) is 49.1 Å². The van der Waals surface area contributed by atoms with Crippen LogP contribution in [0.3, 0.4) is 0 Å². The van der Waals surface area contributed by atoms with Crippen LogP contribution in [0, 0.1) is 13.8 Å². The molecular formula is C26H27N7OS. The maximum Gasteiger partial charge on any atom is 0.255 e. The Bertz CT molecular complexity index is 1580. The monoisotopic (exact) mass is 485 g/mol. The molecule has 6 rings (SSSR count). The van der Waals surface area contributed by atoms with Crippen LogP contribution in [0.15, 0.2) is 42.7 Å². The molecule has 5 aromatic rings. The van der Waals surface area contributed by atoms with Gasteiger partial charge >= 0.3 is 0 Å². The molecule has 5 aromatic heterocycles. The van der Waals surface area contributed by atoms with Crippen LogP contribution in [0.4, 0.5) is 0 Å². The van der Waals surface area contributed by atoms with Crippen LogP contribution in [-0.2, 0) is 0 Å². The van der Waals surface area contributed by atoms with Gasteiger partial charge in [-0.3, -0.25) is 9.20 Å². The molecule has 0 saturated carbocycles. The molecule has 35 heavy (non-hydrogen) atoms. The van der Waals surface area contributed by atoms with Crippen LogP contribution in [-0.4, -0.2) is 46.7 Å². The number of carbonyl (C=O) groups is 1. The van der Waals surface area contributed by atoms with Gasteiger partial charge in [0.25, 0.3) is 5.91 Å². The second-order valence-corrected chi connectivity index (χ2v) is 10.9. The van der Waals surface area contributed by atoms with Gasteiger partial charge in [0.2, 0.25) is 0 Å². The average Bonchev–Trinajstić information content (AvgIpc) is 3.62. The average molecular weight is 486 g/mol. The van der Waals surface area contributed by atoms with Crippen LogP contribution < -0.4 is 0 Å². The van der Waals surface area contributed by atoms with Crippen molar-refractivity contribution in [2.24, 2.45) is 0 Å². The van der Waals surface area contributed by atoms with Gasteiger partial charge < -0.3 is 4.90 Å². The Morgan fingerprint density at radius 2 is 2.03 bits per heavy atom. The number of fused-ring (bicyclic) bond motifs is 2. The standard InChI is InChI=1S/C26H27N7OS/c1-15(2)33-24-20(14-27-33)19(13-21(28-24)18-12-16(3)35-17(18)4)26(34)31-11-7-8-22(31)25-30-29-23-9-5-6-10-32(23)25/h5-6,9-10,12-15,22H,7-8,11H2,1-4H3. The van der Waals surface area contributed by atoms with E-state index in [0.29, 0.717) is 12.1 Å². The number of carbonyl (C=O) groups excluding carboxylic acids is 1. The minimum atomic E-state index is -0.128. The van der Waals surface area contributed by atoms with Gasteiger partial charge in [0, 0.05) is 34.1 Å². The van der Waals surface area contributed by atoms with Crippen LogP contribution in [0.25, 0.3) is 27.9 Å². The van der Waals surface area contributed by atoms with E-state index in [1.165, 1.54) is 9.75 Å². The molecule has 178 valence electrons. The van der Waals surface area contributed by atoms with Crippen LogP contribution >= 0.6 is 11.3 Å². The van der Waals surface area contributed by atoms with Crippen molar-refractivity contribution in [2.45, 2.75) is 52.6 Å². The number of aromatic nitrogens is 6. The van der Waals surface area contributed by atoms with E-state index in [1.807, 2.05) is 44.4 Å². The molecule has 1 amide bonds. The Balaban J connectivity index is 1.49. The summed E-state index contributed by atoms with van der Waals surface area (Å²) >= 11 is 1.75. The Labute approximate surface area is 207 Å². The first-order chi connectivity index (χ1) is 16.9. The van der Waals surface area contributed by atoms with Gasteiger partial charge in [-0.1, -0.05) is 6.07 Å². The zero-order valence-electron chi connectivity index (χ0n) is 20.3.